The van der Waals surface area contributed by atoms with Crippen molar-refractivity contribution in [1.29, 1.82) is 0 Å². The number of hydrogen-bond donors (Lipinski definition) is 1. The Bertz CT molecular complexity index is 1060. The third-order valence-corrected chi connectivity index (χ3v) is 4.25. The number of benzene rings is 2. The molecule has 8 nitrogen and oxygen atoms in total. The number of halogens is 2. The fourth-order valence-corrected chi connectivity index (χ4v) is 2.87. The summed E-state index contributed by atoms with van der Waals surface area (Å²) in [5.41, 5.74) is -0.726. The quantitative estimate of drug-likeness (QED) is 0.490. The molecule has 3 aromatic rings. The van der Waals surface area contributed by atoms with E-state index in [0.29, 0.717) is 0 Å². The van der Waals surface area contributed by atoms with Crippen LogP contribution < -0.4 is 10.1 Å². The molecule has 3 rings (SSSR count). The second kappa shape index (κ2) is 7.65. The van der Waals surface area contributed by atoms with Crippen molar-refractivity contribution >= 4 is 28.9 Å². The van der Waals surface area contributed by atoms with Gasteiger partial charge in [-0.3, -0.25) is 14.9 Å². The van der Waals surface area contributed by atoms with Crippen molar-refractivity contribution < 1.29 is 23.4 Å². The average Bonchev–Trinajstić information content (AvgIpc) is 3.03. The molecule has 144 valence electrons. The van der Waals surface area contributed by atoms with Gasteiger partial charge in [-0.25, -0.2) is 4.39 Å². The first-order valence-electron chi connectivity index (χ1n) is 7.88. The molecule has 0 saturated carbocycles. The summed E-state index contributed by atoms with van der Waals surface area (Å²) in [5, 5.41) is 17.5. The molecule has 0 aliphatic rings. The van der Waals surface area contributed by atoms with Crippen molar-refractivity contribution in [3.05, 3.63) is 68.7 Å². The van der Waals surface area contributed by atoms with Crippen molar-refractivity contribution in [3.8, 4) is 17.0 Å². The number of nitrogens with zero attached hydrogens (tertiary/aromatic N) is 2. The molecule has 10 heteroatoms. The van der Waals surface area contributed by atoms with Crippen molar-refractivity contribution in [2.24, 2.45) is 0 Å². The van der Waals surface area contributed by atoms with E-state index < -0.39 is 16.6 Å². The number of methoxy groups -OCH3 is 1. The fraction of sp³-hybridized carbons (Fsp3) is 0.111. The Kier molecular flexibility index (Phi) is 5.27. The predicted octanol–water partition coefficient (Wildman–Crippen LogP) is 4.61. The highest BCUT2D eigenvalue weighted by molar-refractivity contribution is 6.33. The van der Waals surface area contributed by atoms with Crippen LogP contribution in [0.4, 0.5) is 15.8 Å². The van der Waals surface area contributed by atoms with Crippen molar-refractivity contribution in [2.75, 3.05) is 12.4 Å². The van der Waals surface area contributed by atoms with Crippen molar-refractivity contribution in [2.45, 2.75) is 6.92 Å². The first kappa shape index (κ1) is 19.3. The molecule has 0 bridgehead atoms. The fourth-order valence-electron chi connectivity index (χ4n) is 2.61. The maximum Gasteiger partial charge on any atom is 0.296 e. The van der Waals surface area contributed by atoms with Gasteiger partial charge < -0.3 is 14.6 Å². The van der Waals surface area contributed by atoms with Crippen LogP contribution in [0.15, 0.2) is 40.9 Å². The van der Waals surface area contributed by atoms with Gasteiger partial charge in [-0.05, 0) is 31.2 Å². The molecular formula is C18H13ClFN3O5. The molecule has 0 saturated heterocycles. The van der Waals surface area contributed by atoms with Crippen LogP contribution in [0.5, 0.6) is 5.75 Å². The van der Waals surface area contributed by atoms with Crippen LogP contribution in [0.25, 0.3) is 11.3 Å². The van der Waals surface area contributed by atoms with Crippen molar-refractivity contribution in [1.82, 2.24) is 5.16 Å². The Morgan fingerprint density at radius 2 is 2.11 bits per heavy atom. The highest BCUT2D eigenvalue weighted by atomic mass is 35.5. The van der Waals surface area contributed by atoms with E-state index in [1.807, 2.05) is 0 Å². The molecule has 0 unspecified atom stereocenters. The van der Waals surface area contributed by atoms with Gasteiger partial charge in [0.25, 0.3) is 11.6 Å². The summed E-state index contributed by atoms with van der Waals surface area (Å²) < 4.78 is 24.3. The number of amides is 1. The van der Waals surface area contributed by atoms with Crippen LogP contribution in [0, 0.1) is 22.9 Å². The third kappa shape index (κ3) is 3.52. The van der Waals surface area contributed by atoms with Crippen LogP contribution in [-0.4, -0.2) is 23.1 Å². The number of anilines is 1. The summed E-state index contributed by atoms with van der Waals surface area (Å²) in [5.74, 6) is -1.10. The Labute approximate surface area is 163 Å². The number of aryl methyl sites for hydroxylation is 1. The van der Waals surface area contributed by atoms with E-state index in [2.05, 4.69) is 10.5 Å². The minimum absolute atomic E-state index is 0.0396. The Hall–Kier alpha value is -3.46. The molecule has 28 heavy (non-hydrogen) atoms. The third-order valence-electron chi connectivity index (χ3n) is 3.94. The minimum atomic E-state index is -0.763. The molecule has 0 spiro atoms. The van der Waals surface area contributed by atoms with Gasteiger partial charge in [-0.15, -0.1) is 0 Å². The molecular weight excluding hydrogens is 393 g/mol. The first-order chi connectivity index (χ1) is 13.3. The highest BCUT2D eigenvalue weighted by Gasteiger charge is 2.27. The minimum Gasteiger partial charge on any atom is -0.496 e. The summed E-state index contributed by atoms with van der Waals surface area (Å²) in [7, 11) is 1.36. The molecule has 1 aromatic heterocycles. The summed E-state index contributed by atoms with van der Waals surface area (Å²) >= 11 is 6.05. The van der Waals surface area contributed by atoms with E-state index in [1.54, 1.807) is 0 Å². The molecule has 0 aliphatic heterocycles. The second-order valence-corrected chi connectivity index (χ2v) is 6.06. The average molecular weight is 406 g/mol. The van der Waals surface area contributed by atoms with Crippen LogP contribution in [0.2, 0.25) is 5.02 Å². The van der Waals surface area contributed by atoms with Crippen LogP contribution in [-0.2, 0) is 0 Å². The van der Waals surface area contributed by atoms with Crippen LogP contribution in [0.3, 0.4) is 0 Å². The number of carbonyl (C=O) groups excluding carboxylic acids is 1. The molecule has 1 amide bonds. The van der Waals surface area contributed by atoms with E-state index in [9.17, 15) is 19.3 Å². The van der Waals surface area contributed by atoms with E-state index >= 15 is 0 Å². The van der Waals surface area contributed by atoms with Gasteiger partial charge in [-0.2, -0.15) is 0 Å². The topological polar surface area (TPSA) is 108 Å². The Balaban J connectivity index is 2.04. The molecule has 0 atom stereocenters. The molecule has 0 aliphatic carbocycles. The lowest BCUT2D eigenvalue weighted by Gasteiger charge is -2.09. The predicted molar refractivity (Wildman–Crippen MR) is 99.2 cm³/mol. The van der Waals surface area contributed by atoms with E-state index in [0.717, 1.165) is 0 Å². The summed E-state index contributed by atoms with van der Waals surface area (Å²) in [6.45, 7) is 1.46. The monoisotopic (exact) mass is 405 g/mol. The normalized spacial score (nSPS) is 10.6. The Morgan fingerprint density at radius 1 is 1.36 bits per heavy atom. The zero-order valence-corrected chi connectivity index (χ0v) is 15.4. The van der Waals surface area contributed by atoms with Crippen molar-refractivity contribution in [3.63, 3.8) is 0 Å². The Morgan fingerprint density at radius 3 is 2.75 bits per heavy atom. The van der Waals surface area contributed by atoms with Crippen LogP contribution >= 0.6 is 11.6 Å². The molecule has 1 heterocycles. The second-order valence-electron chi connectivity index (χ2n) is 5.65. The van der Waals surface area contributed by atoms with Gasteiger partial charge in [0, 0.05) is 0 Å². The van der Waals surface area contributed by atoms with Gasteiger partial charge in [-0.1, -0.05) is 22.8 Å². The number of rotatable bonds is 5. The number of hydrogen-bond acceptors (Lipinski definition) is 6. The van der Waals surface area contributed by atoms with E-state index in [1.165, 1.54) is 50.4 Å². The van der Waals surface area contributed by atoms with Gasteiger partial charge in [0.1, 0.15) is 34.3 Å². The zero-order valence-electron chi connectivity index (χ0n) is 14.7. The standard InChI is InChI=1S/C18H13ClFN3O5/c1-9-15(17(22-28-9)16-11(19)4-3-5-12(16)20)18(24)21-13-7-6-10(27-2)8-14(13)23(25)26/h3-8H,1-2H3,(H,21,24). The zero-order chi connectivity index (χ0) is 20.4. The molecule has 2 aromatic carbocycles. The lowest BCUT2D eigenvalue weighted by atomic mass is 10.0. The summed E-state index contributed by atoms with van der Waals surface area (Å²) in [4.78, 5) is 23.5. The van der Waals surface area contributed by atoms with E-state index in [4.69, 9.17) is 20.9 Å². The number of nitrogens with one attached hydrogen (secondary N) is 1. The number of nitro groups is 1. The van der Waals surface area contributed by atoms with Gasteiger partial charge in [0.2, 0.25) is 0 Å². The maximum absolute atomic E-state index is 14.3. The number of carbonyl (C=O) groups is 1. The lowest BCUT2D eigenvalue weighted by molar-refractivity contribution is -0.384. The van der Waals surface area contributed by atoms with Gasteiger partial charge >= 0.3 is 0 Å². The summed E-state index contributed by atoms with van der Waals surface area (Å²) in [6.07, 6.45) is 0. The first-order valence-corrected chi connectivity index (χ1v) is 8.25. The number of nitro benzene ring substituents is 1. The molecule has 0 fully saturated rings. The highest BCUT2D eigenvalue weighted by Crippen LogP contribution is 2.35. The lowest BCUT2D eigenvalue weighted by Crippen LogP contribution is -2.15. The SMILES string of the molecule is COc1ccc(NC(=O)c2c(-c3c(F)cccc3Cl)noc2C)c([N+](=O)[O-])c1. The maximum atomic E-state index is 14.3. The number of aromatic nitrogens is 1. The largest absolute Gasteiger partial charge is 0.496 e. The van der Waals surface area contributed by atoms with Gasteiger partial charge in [0.15, 0.2) is 0 Å². The van der Waals surface area contributed by atoms with E-state index in [-0.39, 0.29) is 44.7 Å². The molecule has 0 radical (unpaired) electrons. The van der Waals surface area contributed by atoms with Crippen LogP contribution in [0.1, 0.15) is 16.1 Å². The van der Waals surface area contributed by atoms with Gasteiger partial charge in [0.05, 0.1) is 28.7 Å². The number of ether oxygens (including phenoxy) is 1. The summed E-state index contributed by atoms with van der Waals surface area (Å²) in [6, 6.07) is 7.98. The molecule has 1 N–H and O–H groups in total. The smallest absolute Gasteiger partial charge is 0.296 e.